The summed E-state index contributed by atoms with van der Waals surface area (Å²) in [6.07, 6.45) is 3.84. The van der Waals surface area contributed by atoms with Gasteiger partial charge in [-0.15, -0.1) is 11.6 Å². The fourth-order valence-corrected chi connectivity index (χ4v) is 1.34. The van der Waals surface area contributed by atoms with Gasteiger partial charge in [0, 0.05) is 29.5 Å². The first kappa shape index (κ1) is 11.3. The minimum atomic E-state index is 0.283. The number of hydrogen-bond donors (Lipinski definition) is 1. The predicted molar refractivity (Wildman–Crippen MR) is 62.0 cm³/mol. The minimum Gasteiger partial charge on any atom is -0.385 e. The second-order valence-corrected chi connectivity index (χ2v) is 4.02. The summed E-state index contributed by atoms with van der Waals surface area (Å²) in [5.41, 5.74) is 2.16. The van der Waals surface area contributed by atoms with Crippen molar-refractivity contribution in [2.75, 3.05) is 11.9 Å². The Bertz CT molecular complexity index is 276. The largest absolute Gasteiger partial charge is 0.385 e. The van der Waals surface area contributed by atoms with Crippen LogP contribution in [-0.2, 0) is 0 Å². The third-order valence-electron chi connectivity index (χ3n) is 2.13. The molecule has 0 amide bonds. The number of aromatic nitrogens is 1. The van der Waals surface area contributed by atoms with Crippen molar-refractivity contribution in [1.82, 2.24) is 4.98 Å². The third kappa shape index (κ3) is 3.97. The summed E-state index contributed by atoms with van der Waals surface area (Å²) >= 11 is 6.01. The predicted octanol–water partition coefficient (Wildman–Crippen LogP) is 3.21. The van der Waals surface area contributed by atoms with Gasteiger partial charge in [-0.05, 0) is 31.9 Å². The molecule has 2 nitrogen and oxygen atoms in total. The van der Waals surface area contributed by atoms with Crippen LogP contribution in [0.5, 0.6) is 0 Å². The number of aryl methyl sites for hydroxylation is 1. The molecule has 78 valence electrons. The van der Waals surface area contributed by atoms with E-state index in [1.54, 1.807) is 0 Å². The zero-order chi connectivity index (χ0) is 10.4. The van der Waals surface area contributed by atoms with Gasteiger partial charge >= 0.3 is 0 Å². The molecule has 0 saturated carbocycles. The summed E-state index contributed by atoms with van der Waals surface area (Å²) in [5.74, 6) is 0. The van der Waals surface area contributed by atoms with Crippen LogP contribution in [0.1, 0.15) is 25.5 Å². The summed E-state index contributed by atoms with van der Waals surface area (Å²) in [6.45, 7) is 5.02. The van der Waals surface area contributed by atoms with Gasteiger partial charge < -0.3 is 5.32 Å². The highest BCUT2D eigenvalue weighted by molar-refractivity contribution is 6.20. The molecule has 1 N–H and O–H groups in total. The van der Waals surface area contributed by atoms with Gasteiger partial charge in [0.2, 0.25) is 0 Å². The number of nitrogens with zero attached hydrogens (tertiary/aromatic N) is 1. The van der Waals surface area contributed by atoms with Gasteiger partial charge in [-0.1, -0.05) is 6.92 Å². The highest BCUT2D eigenvalue weighted by Gasteiger charge is 2.00. The lowest BCUT2D eigenvalue weighted by atomic mass is 10.2. The molecule has 0 aliphatic heterocycles. The molecule has 3 heteroatoms. The molecule has 1 atom stereocenters. The Balaban J connectivity index is 2.31. The molecular formula is C11H17ClN2. The van der Waals surface area contributed by atoms with E-state index in [1.165, 1.54) is 0 Å². The van der Waals surface area contributed by atoms with E-state index in [1.807, 2.05) is 25.3 Å². The second-order valence-electron chi connectivity index (χ2n) is 3.41. The van der Waals surface area contributed by atoms with Crippen LogP contribution in [0.2, 0.25) is 0 Å². The van der Waals surface area contributed by atoms with Crippen LogP contribution in [0.4, 0.5) is 5.69 Å². The molecule has 0 aromatic carbocycles. The van der Waals surface area contributed by atoms with Crippen LogP contribution in [0.25, 0.3) is 0 Å². The molecule has 1 unspecified atom stereocenters. The van der Waals surface area contributed by atoms with Gasteiger partial charge in [0.25, 0.3) is 0 Å². The van der Waals surface area contributed by atoms with E-state index in [0.29, 0.717) is 0 Å². The lowest BCUT2D eigenvalue weighted by molar-refractivity contribution is 0.753. The Labute approximate surface area is 90.7 Å². The summed E-state index contributed by atoms with van der Waals surface area (Å²) in [7, 11) is 0. The summed E-state index contributed by atoms with van der Waals surface area (Å²) in [6, 6.07) is 4.01. The zero-order valence-corrected chi connectivity index (χ0v) is 9.51. The van der Waals surface area contributed by atoms with E-state index in [2.05, 4.69) is 17.2 Å². The Morgan fingerprint density at radius 1 is 1.57 bits per heavy atom. The summed E-state index contributed by atoms with van der Waals surface area (Å²) in [4.78, 5) is 4.13. The van der Waals surface area contributed by atoms with Crippen LogP contribution in [0.3, 0.4) is 0 Å². The monoisotopic (exact) mass is 212 g/mol. The van der Waals surface area contributed by atoms with Gasteiger partial charge in [-0.3, -0.25) is 4.98 Å². The Morgan fingerprint density at radius 3 is 3.00 bits per heavy atom. The maximum absolute atomic E-state index is 6.01. The number of pyridine rings is 1. The average molecular weight is 213 g/mol. The number of anilines is 1. The topological polar surface area (TPSA) is 24.9 Å². The van der Waals surface area contributed by atoms with E-state index in [9.17, 15) is 0 Å². The van der Waals surface area contributed by atoms with E-state index in [-0.39, 0.29) is 5.38 Å². The maximum Gasteiger partial charge on any atom is 0.0393 e. The molecule has 0 aliphatic carbocycles. The van der Waals surface area contributed by atoms with Gasteiger partial charge in [0.1, 0.15) is 0 Å². The lowest BCUT2D eigenvalue weighted by Gasteiger charge is -2.09. The van der Waals surface area contributed by atoms with Gasteiger partial charge in [-0.2, -0.15) is 0 Å². The number of rotatable bonds is 5. The summed E-state index contributed by atoms with van der Waals surface area (Å²) < 4.78 is 0. The van der Waals surface area contributed by atoms with Crippen LogP contribution >= 0.6 is 11.6 Å². The van der Waals surface area contributed by atoms with Crippen molar-refractivity contribution in [2.45, 2.75) is 32.1 Å². The smallest absolute Gasteiger partial charge is 0.0393 e. The molecule has 1 aromatic heterocycles. The Kier molecular flexibility index (Phi) is 4.74. The lowest BCUT2D eigenvalue weighted by Crippen LogP contribution is -2.08. The normalized spacial score (nSPS) is 12.5. The first-order chi connectivity index (χ1) is 6.72. The Hall–Kier alpha value is -0.760. The molecular weight excluding hydrogens is 196 g/mol. The van der Waals surface area contributed by atoms with Crippen molar-refractivity contribution in [1.29, 1.82) is 0 Å². The van der Waals surface area contributed by atoms with Crippen molar-refractivity contribution in [3.63, 3.8) is 0 Å². The van der Waals surface area contributed by atoms with Crippen LogP contribution < -0.4 is 5.32 Å². The van der Waals surface area contributed by atoms with Gasteiger partial charge in [0.15, 0.2) is 0 Å². The van der Waals surface area contributed by atoms with Crippen molar-refractivity contribution in [3.8, 4) is 0 Å². The van der Waals surface area contributed by atoms with Crippen molar-refractivity contribution in [3.05, 3.63) is 24.0 Å². The first-order valence-corrected chi connectivity index (χ1v) is 5.46. The van der Waals surface area contributed by atoms with E-state index in [0.717, 1.165) is 30.8 Å². The number of nitrogens with one attached hydrogen (secondary N) is 1. The highest BCUT2D eigenvalue weighted by Crippen LogP contribution is 2.09. The van der Waals surface area contributed by atoms with E-state index < -0.39 is 0 Å². The third-order valence-corrected chi connectivity index (χ3v) is 2.65. The zero-order valence-electron chi connectivity index (χ0n) is 8.76. The first-order valence-electron chi connectivity index (χ1n) is 5.03. The average Bonchev–Trinajstić information content (AvgIpc) is 2.17. The number of hydrogen-bond acceptors (Lipinski definition) is 2. The molecule has 1 rings (SSSR count). The Morgan fingerprint density at radius 2 is 2.36 bits per heavy atom. The molecule has 0 saturated heterocycles. The van der Waals surface area contributed by atoms with Crippen molar-refractivity contribution in [2.24, 2.45) is 0 Å². The molecule has 0 aliphatic rings. The molecule has 1 heterocycles. The fourth-order valence-electron chi connectivity index (χ4n) is 1.23. The van der Waals surface area contributed by atoms with E-state index >= 15 is 0 Å². The molecule has 0 radical (unpaired) electrons. The van der Waals surface area contributed by atoms with Gasteiger partial charge in [0.05, 0.1) is 0 Å². The van der Waals surface area contributed by atoms with Crippen LogP contribution in [0, 0.1) is 6.92 Å². The maximum atomic E-state index is 6.01. The standard InChI is InChI=1S/C11H17ClN2/c1-3-10(12)4-6-14-11-5-7-13-9(2)8-11/h5,7-8,10H,3-4,6H2,1-2H3,(H,13,14). The second kappa shape index (κ2) is 5.86. The van der Waals surface area contributed by atoms with Gasteiger partial charge in [-0.25, -0.2) is 0 Å². The van der Waals surface area contributed by atoms with Crippen LogP contribution in [-0.4, -0.2) is 16.9 Å². The van der Waals surface area contributed by atoms with Crippen molar-refractivity contribution >= 4 is 17.3 Å². The number of halogens is 1. The van der Waals surface area contributed by atoms with E-state index in [4.69, 9.17) is 11.6 Å². The minimum absolute atomic E-state index is 0.283. The fraction of sp³-hybridized carbons (Fsp3) is 0.545. The SMILES string of the molecule is CCC(Cl)CCNc1ccnc(C)c1. The number of alkyl halides is 1. The molecule has 0 bridgehead atoms. The van der Waals surface area contributed by atoms with Crippen LogP contribution in [0.15, 0.2) is 18.3 Å². The summed E-state index contributed by atoms with van der Waals surface area (Å²) in [5, 5.41) is 3.61. The molecule has 1 aromatic rings. The molecule has 0 spiro atoms. The quantitative estimate of drug-likeness (QED) is 0.759. The highest BCUT2D eigenvalue weighted by atomic mass is 35.5. The molecule has 14 heavy (non-hydrogen) atoms. The molecule has 0 fully saturated rings. The van der Waals surface area contributed by atoms with Crippen molar-refractivity contribution < 1.29 is 0 Å².